The van der Waals surface area contributed by atoms with E-state index < -0.39 is 0 Å². The standard InChI is InChI=1S/C23H19NO6/c1-27-15-7-9-16(10-8-15)29-13-21(25)24-14-6-11-17-20(12-14)30-23-18(22(17)26)4-3-5-19(23)28-2/h3-12H,13H2,1-2H3,(H,24,25). The van der Waals surface area contributed by atoms with E-state index in [1.54, 1.807) is 67.8 Å². The van der Waals surface area contributed by atoms with Gasteiger partial charge in [0.2, 0.25) is 5.43 Å². The number of benzene rings is 3. The molecule has 0 saturated heterocycles. The van der Waals surface area contributed by atoms with Crippen LogP contribution in [0.3, 0.4) is 0 Å². The fourth-order valence-corrected chi connectivity index (χ4v) is 3.11. The fourth-order valence-electron chi connectivity index (χ4n) is 3.11. The first-order valence-corrected chi connectivity index (χ1v) is 9.19. The van der Waals surface area contributed by atoms with Gasteiger partial charge in [0.25, 0.3) is 5.91 Å². The number of anilines is 1. The topological polar surface area (TPSA) is 87.0 Å². The second-order valence-electron chi connectivity index (χ2n) is 6.49. The van der Waals surface area contributed by atoms with Gasteiger partial charge in [0.05, 0.1) is 25.0 Å². The van der Waals surface area contributed by atoms with Crippen LogP contribution in [0.15, 0.2) is 69.9 Å². The fraction of sp³-hybridized carbons (Fsp3) is 0.130. The van der Waals surface area contributed by atoms with E-state index in [2.05, 4.69) is 5.32 Å². The molecule has 4 aromatic rings. The molecule has 0 fully saturated rings. The first kappa shape index (κ1) is 19.3. The van der Waals surface area contributed by atoms with E-state index in [1.165, 1.54) is 7.11 Å². The Labute approximate surface area is 171 Å². The van der Waals surface area contributed by atoms with Crippen molar-refractivity contribution < 1.29 is 23.4 Å². The number of carbonyl (C=O) groups excluding carboxylic acids is 1. The Hall–Kier alpha value is -4.00. The van der Waals surface area contributed by atoms with Gasteiger partial charge in [-0.05, 0) is 48.5 Å². The van der Waals surface area contributed by atoms with Gasteiger partial charge in [-0.3, -0.25) is 9.59 Å². The predicted octanol–water partition coefficient (Wildman–Crippen LogP) is 3.98. The molecule has 3 aromatic carbocycles. The van der Waals surface area contributed by atoms with E-state index >= 15 is 0 Å². The van der Waals surface area contributed by atoms with Crippen LogP contribution in [0.2, 0.25) is 0 Å². The third-order valence-corrected chi connectivity index (χ3v) is 4.59. The molecule has 4 rings (SSSR count). The Morgan fingerprint density at radius 2 is 1.70 bits per heavy atom. The predicted molar refractivity (Wildman–Crippen MR) is 114 cm³/mol. The van der Waals surface area contributed by atoms with Gasteiger partial charge in [-0.25, -0.2) is 0 Å². The number of rotatable bonds is 6. The third kappa shape index (κ3) is 3.77. The van der Waals surface area contributed by atoms with Crippen molar-refractivity contribution in [2.24, 2.45) is 0 Å². The SMILES string of the molecule is COc1ccc(OCC(=O)Nc2ccc3c(=O)c4cccc(OC)c4oc3c2)cc1. The normalized spacial score (nSPS) is 10.7. The maximum Gasteiger partial charge on any atom is 0.262 e. The first-order chi connectivity index (χ1) is 14.6. The van der Waals surface area contributed by atoms with Gasteiger partial charge >= 0.3 is 0 Å². The summed E-state index contributed by atoms with van der Waals surface area (Å²) in [6.07, 6.45) is 0. The minimum atomic E-state index is -0.342. The Balaban J connectivity index is 1.54. The highest BCUT2D eigenvalue weighted by Crippen LogP contribution is 2.28. The zero-order chi connectivity index (χ0) is 21.1. The van der Waals surface area contributed by atoms with Crippen molar-refractivity contribution in [1.29, 1.82) is 0 Å². The number of para-hydroxylation sites is 1. The molecule has 1 amide bonds. The largest absolute Gasteiger partial charge is 0.497 e. The second kappa shape index (κ2) is 8.16. The van der Waals surface area contributed by atoms with E-state index in [4.69, 9.17) is 18.6 Å². The Bertz CT molecular complexity index is 1280. The number of hydrogen-bond acceptors (Lipinski definition) is 6. The summed E-state index contributed by atoms with van der Waals surface area (Å²) in [4.78, 5) is 25.0. The summed E-state index contributed by atoms with van der Waals surface area (Å²) in [6.45, 7) is -0.167. The van der Waals surface area contributed by atoms with Crippen LogP contribution in [-0.4, -0.2) is 26.7 Å². The molecule has 1 N–H and O–H groups in total. The zero-order valence-corrected chi connectivity index (χ0v) is 16.4. The van der Waals surface area contributed by atoms with Crippen molar-refractivity contribution in [3.05, 3.63) is 70.9 Å². The van der Waals surface area contributed by atoms with E-state index in [9.17, 15) is 9.59 Å². The number of nitrogens with one attached hydrogen (secondary N) is 1. The second-order valence-corrected chi connectivity index (χ2v) is 6.49. The molecule has 0 spiro atoms. The molecule has 0 atom stereocenters. The van der Waals surface area contributed by atoms with E-state index in [1.807, 2.05) is 0 Å². The summed E-state index contributed by atoms with van der Waals surface area (Å²) in [6, 6.07) is 17.0. The number of carbonyl (C=O) groups is 1. The highest BCUT2D eigenvalue weighted by Gasteiger charge is 2.13. The molecule has 0 aliphatic rings. The van der Waals surface area contributed by atoms with Gasteiger partial charge in [-0.1, -0.05) is 6.07 Å². The quantitative estimate of drug-likeness (QED) is 0.488. The summed E-state index contributed by atoms with van der Waals surface area (Å²) in [7, 11) is 3.09. The number of methoxy groups -OCH3 is 2. The smallest absolute Gasteiger partial charge is 0.262 e. The lowest BCUT2D eigenvalue weighted by molar-refractivity contribution is -0.118. The minimum Gasteiger partial charge on any atom is -0.497 e. The zero-order valence-electron chi connectivity index (χ0n) is 16.4. The van der Waals surface area contributed by atoms with Crippen LogP contribution < -0.4 is 25.0 Å². The summed E-state index contributed by atoms with van der Waals surface area (Å²) >= 11 is 0. The van der Waals surface area contributed by atoms with Crippen molar-refractivity contribution in [1.82, 2.24) is 0 Å². The molecular formula is C23H19NO6. The molecule has 30 heavy (non-hydrogen) atoms. The number of ether oxygens (including phenoxy) is 3. The van der Waals surface area contributed by atoms with Crippen LogP contribution in [0.5, 0.6) is 17.2 Å². The van der Waals surface area contributed by atoms with Crippen LogP contribution >= 0.6 is 0 Å². The van der Waals surface area contributed by atoms with Crippen molar-refractivity contribution in [2.75, 3.05) is 26.1 Å². The number of hydrogen-bond donors (Lipinski definition) is 1. The monoisotopic (exact) mass is 405 g/mol. The lowest BCUT2D eigenvalue weighted by Crippen LogP contribution is -2.20. The average Bonchev–Trinajstić information content (AvgIpc) is 2.77. The van der Waals surface area contributed by atoms with Crippen molar-refractivity contribution in [3.63, 3.8) is 0 Å². The Kier molecular flexibility index (Phi) is 5.26. The molecule has 1 aromatic heterocycles. The van der Waals surface area contributed by atoms with Crippen molar-refractivity contribution >= 4 is 33.5 Å². The third-order valence-electron chi connectivity index (χ3n) is 4.59. The number of amides is 1. The maximum atomic E-state index is 12.8. The molecule has 0 unspecified atom stereocenters. The molecule has 1 heterocycles. The molecule has 0 saturated carbocycles. The molecule has 7 heteroatoms. The van der Waals surface area contributed by atoms with E-state index in [-0.39, 0.29) is 17.9 Å². The maximum absolute atomic E-state index is 12.8. The summed E-state index contributed by atoms with van der Waals surface area (Å²) in [5.41, 5.74) is 1.05. The van der Waals surface area contributed by atoms with Crippen LogP contribution in [0.25, 0.3) is 21.9 Å². The minimum absolute atomic E-state index is 0.161. The van der Waals surface area contributed by atoms with Crippen LogP contribution in [0, 0.1) is 0 Å². The Morgan fingerprint density at radius 1 is 0.933 bits per heavy atom. The van der Waals surface area contributed by atoms with Gasteiger partial charge in [-0.15, -0.1) is 0 Å². The van der Waals surface area contributed by atoms with E-state index in [0.717, 1.165) is 0 Å². The summed E-state index contributed by atoms with van der Waals surface area (Å²) in [5.74, 6) is 1.38. The van der Waals surface area contributed by atoms with Crippen molar-refractivity contribution in [2.45, 2.75) is 0 Å². The average molecular weight is 405 g/mol. The molecular weight excluding hydrogens is 386 g/mol. The number of fused-ring (bicyclic) bond motifs is 2. The van der Waals surface area contributed by atoms with Crippen LogP contribution in [0.4, 0.5) is 5.69 Å². The first-order valence-electron chi connectivity index (χ1n) is 9.19. The molecule has 152 valence electrons. The summed E-state index contributed by atoms with van der Waals surface area (Å²) in [5, 5.41) is 3.60. The van der Waals surface area contributed by atoms with Crippen molar-refractivity contribution in [3.8, 4) is 17.2 Å². The highest BCUT2D eigenvalue weighted by atomic mass is 16.5. The molecule has 0 aliphatic heterocycles. The molecule has 7 nitrogen and oxygen atoms in total. The van der Waals surface area contributed by atoms with Gasteiger partial charge in [0.15, 0.2) is 17.9 Å². The lowest BCUT2D eigenvalue weighted by Gasteiger charge is -2.09. The Morgan fingerprint density at radius 3 is 2.43 bits per heavy atom. The van der Waals surface area contributed by atoms with E-state index in [0.29, 0.717) is 44.9 Å². The highest BCUT2D eigenvalue weighted by molar-refractivity contribution is 5.96. The van der Waals surface area contributed by atoms with Crippen LogP contribution in [0.1, 0.15) is 0 Å². The molecule has 0 aliphatic carbocycles. The van der Waals surface area contributed by atoms with Gasteiger partial charge in [0, 0.05) is 11.8 Å². The van der Waals surface area contributed by atoms with Gasteiger partial charge in [0.1, 0.15) is 17.1 Å². The van der Waals surface area contributed by atoms with Gasteiger partial charge in [-0.2, -0.15) is 0 Å². The molecule has 0 radical (unpaired) electrons. The molecule has 0 bridgehead atoms. The van der Waals surface area contributed by atoms with Gasteiger partial charge < -0.3 is 23.9 Å². The summed E-state index contributed by atoms with van der Waals surface area (Å²) < 4.78 is 21.8. The van der Waals surface area contributed by atoms with Crippen LogP contribution in [-0.2, 0) is 4.79 Å². The lowest BCUT2D eigenvalue weighted by atomic mass is 10.1.